The summed E-state index contributed by atoms with van der Waals surface area (Å²) in [4.78, 5) is 2.55. The summed E-state index contributed by atoms with van der Waals surface area (Å²) in [5.41, 5.74) is 5.96. The Morgan fingerprint density at radius 3 is 2.38 bits per heavy atom. The molecular formula is C28H28FN3. The van der Waals surface area contributed by atoms with Crippen molar-refractivity contribution in [3.8, 4) is 22.4 Å². The molecule has 3 nitrogen and oxygen atoms in total. The molecule has 2 unspecified atom stereocenters. The Morgan fingerprint density at radius 1 is 0.906 bits per heavy atom. The van der Waals surface area contributed by atoms with E-state index in [1.54, 1.807) is 6.07 Å². The minimum absolute atomic E-state index is 0.0171. The topological polar surface area (TPSA) is 31.9 Å². The number of rotatable bonds is 5. The molecular weight excluding hydrogens is 397 g/mol. The molecule has 0 amide bonds. The third-order valence-corrected chi connectivity index (χ3v) is 6.63. The number of nitrogens with one attached hydrogen (secondary N) is 1. The largest absolute Gasteiger partial charge is 0.290 e. The van der Waals surface area contributed by atoms with E-state index < -0.39 is 0 Å². The van der Waals surface area contributed by atoms with E-state index in [4.69, 9.17) is 0 Å². The highest BCUT2D eigenvalue weighted by molar-refractivity contribution is 5.66. The molecule has 0 radical (unpaired) electrons. The number of H-pyrrole nitrogens is 1. The van der Waals surface area contributed by atoms with Crippen molar-refractivity contribution < 1.29 is 4.39 Å². The Hall–Kier alpha value is -3.24. The van der Waals surface area contributed by atoms with Crippen LogP contribution in [0.4, 0.5) is 4.39 Å². The van der Waals surface area contributed by atoms with Crippen LogP contribution in [-0.4, -0.2) is 27.7 Å². The molecule has 0 bridgehead atoms. The lowest BCUT2D eigenvalue weighted by Crippen LogP contribution is -2.40. The lowest BCUT2D eigenvalue weighted by atomic mass is 9.90. The van der Waals surface area contributed by atoms with E-state index in [1.165, 1.54) is 42.0 Å². The lowest BCUT2D eigenvalue weighted by molar-refractivity contribution is 0.125. The number of piperidine rings is 1. The van der Waals surface area contributed by atoms with Crippen LogP contribution in [-0.2, 0) is 0 Å². The minimum Gasteiger partial charge on any atom is -0.290 e. The van der Waals surface area contributed by atoms with Gasteiger partial charge in [-0.05, 0) is 55.1 Å². The predicted octanol–water partition coefficient (Wildman–Crippen LogP) is 6.85. The summed E-state index contributed by atoms with van der Waals surface area (Å²) in [5.74, 6) is -0.233. The third kappa shape index (κ3) is 3.98. The predicted molar refractivity (Wildman–Crippen MR) is 128 cm³/mol. The van der Waals surface area contributed by atoms with Gasteiger partial charge < -0.3 is 0 Å². The number of benzene rings is 3. The average molecular weight is 426 g/mol. The van der Waals surface area contributed by atoms with E-state index in [9.17, 15) is 4.39 Å². The van der Waals surface area contributed by atoms with Crippen molar-refractivity contribution in [2.24, 2.45) is 0 Å². The monoisotopic (exact) mass is 425 g/mol. The van der Waals surface area contributed by atoms with Gasteiger partial charge in [-0.15, -0.1) is 0 Å². The molecule has 1 saturated heterocycles. The molecule has 1 aliphatic heterocycles. The Kier molecular flexibility index (Phi) is 5.87. The fourth-order valence-electron chi connectivity index (χ4n) is 4.92. The van der Waals surface area contributed by atoms with Crippen molar-refractivity contribution in [3.63, 3.8) is 0 Å². The number of halogens is 1. The van der Waals surface area contributed by atoms with Gasteiger partial charge in [-0.2, -0.15) is 5.10 Å². The molecule has 4 aromatic rings. The van der Waals surface area contributed by atoms with Crippen molar-refractivity contribution in [1.82, 2.24) is 15.1 Å². The van der Waals surface area contributed by atoms with Gasteiger partial charge >= 0.3 is 0 Å². The molecule has 2 atom stereocenters. The van der Waals surface area contributed by atoms with Gasteiger partial charge in [0.25, 0.3) is 0 Å². The summed E-state index contributed by atoms with van der Waals surface area (Å²) in [5, 5.41) is 7.44. The fraction of sp³-hybridized carbons (Fsp3) is 0.250. The van der Waals surface area contributed by atoms with E-state index in [-0.39, 0.29) is 11.9 Å². The van der Waals surface area contributed by atoms with Gasteiger partial charge in [0.2, 0.25) is 0 Å². The quantitative estimate of drug-likeness (QED) is 0.379. The first-order valence-electron chi connectivity index (χ1n) is 11.4. The fourth-order valence-corrected chi connectivity index (χ4v) is 4.92. The standard InChI is InChI=1S/C28H28FN3/c1-20-9-7-8-18-32(20)28(23-16-14-22(15-17-23)21-10-3-2-4-11-21)25-19-30-31-27(25)24-12-5-6-13-26(24)29/h2-6,10-17,19-20,28H,7-9,18H2,1H3,(H,30,31). The number of hydrogen-bond acceptors (Lipinski definition) is 2. The zero-order chi connectivity index (χ0) is 21.9. The Bertz CT molecular complexity index is 1170. The van der Waals surface area contributed by atoms with Crippen LogP contribution < -0.4 is 0 Å². The summed E-state index contributed by atoms with van der Waals surface area (Å²) >= 11 is 0. The van der Waals surface area contributed by atoms with Gasteiger partial charge in [0.1, 0.15) is 5.82 Å². The number of likely N-dealkylation sites (tertiary alicyclic amines) is 1. The Morgan fingerprint density at radius 2 is 1.62 bits per heavy atom. The van der Waals surface area contributed by atoms with E-state index in [2.05, 4.69) is 70.6 Å². The van der Waals surface area contributed by atoms with Gasteiger partial charge in [-0.1, -0.05) is 73.2 Å². The maximum absolute atomic E-state index is 14.7. The highest BCUT2D eigenvalue weighted by Gasteiger charge is 2.31. The molecule has 4 heteroatoms. The average Bonchev–Trinajstić information content (AvgIpc) is 3.31. The van der Waals surface area contributed by atoms with Gasteiger partial charge in [0.15, 0.2) is 0 Å². The molecule has 1 aliphatic rings. The molecule has 0 spiro atoms. The molecule has 1 N–H and O–H groups in total. The van der Waals surface area contributed by atoms with Crippen molar-refractivity contribution in [1.29, 1.82) is 0 Å². The summed E-state index contributed by atoms with van der Waals surface area (Å²) in [6.45, 7) is 3.32. The second kappa shape index (κ2) is 9.09. The van der Waals surface area contributed by atoms with Crippen LogP contribution >= 0.6 is 0 Å². The first kappa shape index (κ1) is 20.7. The smallest absolute Gasteiger partial charge is 0.132 e. The molecule has 1 aromatic heterocycles. The van der Waals surface area contributed by atoms with Crippen LogP contribution in [0.1, 0.15) is 43.4 Å². The molecule has 2 heterocycles. The number of nitrogens with zero attached hydrogens (tertiary/aromatic N) is 2. The van der Waals surface area contributed by atoms with Crippen molar-refractivity contribution in [2.75, 3.05) is 6.54 Å². The van der Waals surface area contributed by atoms with Gasteiger partial charge in [-0.3, -0.25) is 10.00 Å². The summed E-state index contributed by atoms with van der Waals surface area (Å²) < 4.78 is 14.7. The highest BCUT2D eigenvalue weighted by atomic mass is 19.1. The van der Waals surface area contributed by atoms with E-state index in [0.717, 1.165) is 17.8 Å². The Balaban J connectivity index is 1.59. The van der Waals surface area contributed by atoms with Gasteiger partial charge in [-0.25, -0.2) is 4.39 Å². The molecule has 3 aromatic carbocycles. The molecule has 0 aliphatic carbocycles. The zero-order valence-electron chi connectivity index (χ0n) is 18.3. The molecule has 5 rings (SSSR count). The van der Waals surface area contributed by atoms with Crippen LogP contribution in [0.5, 0.6) is 0 Å². The van der Waals surface area contributed by atoms with E-state index in [1.807, 2.05) is 24.4 Å². The van der Waals surface area contributed by atoms with Crippen LogP contribution in [0.25, 0.3) is 22.4 Å². The first-order chi connectivity index (χ1) is 15.7. The summed E-state index contributed by atoms with van der Waals surface area (Å²) in [6, 6.07) is 26.6. The van der Waals surface area contributed by atoms with Crippen LogP contribution in [0.2, 0.25) is 0 Å². The number of hydrogen-bond donors (Lipinski definition) is 1. The SMILES string of the molecule is CC1CCCCN1C(c1ccc(-c2ccccc2)cc1)c1cn[nH]c1-c1ccccc1F. The van der Waals surface area contributed by atoms with Crippen LogP contribution in [0, 0.1) is 5.82 Å². The van der Waals surface area contributed by atoms with E-state index in [0.29, 0.717) is 11.6 Å². The molecule has 32 heavy (non-hydrogen) atoms. The normalized spacial score (nSPS) is 17.9. The van der Waals surface area contributed by atoms with Crippen molar-refractivity contribution in [2.45, 2.75) is 38.3 Å². The molecule has 1 fully saturated rings. The molecule has 162 valence electrons. The zero-order valence-corrected chi connectivity index (χ0v) is 18.3. The highest BCUT2D eigenvalue weighted by Crippen LogP contribution is 2.39. The number of aromatic nitrogens is 2. The van der Waals surface area contributed by atoms with Crippen LogP contribution in [0.3, 0.4) is 0 Å². The molecule has 0 saturated carbocycles. The second-order valence-corrected chi connectivity index (χ2v) is 8.65. The van der Waals surface area contributed by atoms with Crippen LogP contribution in [0.15, 0.2) is 85.1 Å². The van der Waals surface area contributed by atoms with Gasteiger partial charge in [0, 0.05) is 17.2 Å². The number of aromatic amines is 1. The Labute approximate surface area is 188 Å². The van der Waals surface area contributed by atoms with Crippen molar-refractivity contribution >= 4 is 0 Å². The first-order valence-corrected chi connectivity index (χ1v) is 11.4. The third-order valence-electron chi connectivity index (χ3n) is 6.63. The maximum Gasteiger partial charge on any atom is 0.132 e. The van der Waals surface area contributed by atoms with Gasteiger partial charge in [0.05, 0.1) is 17.9 Å². The van der Waals surface area contributed by atoms with Crippen molar-refractivity contribution in [3.05, 3.63) is 102 Å². The second-order valence-electron chi connectivity index (χ2n) is 8.65. The summed E-state index contributed by atoms with van der Waals surface area (Å²) in [7, 11) is 0. The van der Waals surface area contributed by atoms with E-state index >= 15 is 0 Å². The lowest BCUT2D eigenvalue weighted by Gasteiger charge is -2.40. The summed E-state index contributed by atoms with van der Waals surface area (Å²) in [6.07, 6.45) is 5.48. The minimum atomic E-state index is -0.233. The maximum atomic E-state index is 14.7.